The molecule has 0 spiro atoms. The average Bonchev–Trinajstić information content (AvgIpc) is 3.35. The van der Waals surface area contributed by atoms with Crippen LogP contribution in [0.15, 0.2) is 90.5 Å². The maximum absolute atomic E-state index is 3.81. The SMILES string of the molecule is CC1=Cc2c(-c3ccccc3)cccc2C1c1c2c(ccc1=[Si](C)C)=c1ccccc1=[C-]2.[Cl-].[Cl-].[Zr+3]. The Kier molecular flexibility index (Phi) is 8.77. The van der Waals surface area contributed by atoms with Crippen LogP contribution < -0.4 is 30.0 Å². The zero-order valence-electron chi connectivity index (χ0n) is 20.0. The molecular weight excluding hydrogens is 563 g/mol. The molecule has 6 rings (SSSR count). The van der Waals surface area contributed by atoms with E-state index in [2.05, 4.69) is 117 Å². The van der Waals surface area contributed by atoms with E-state index in [4.69, 9.17) is 0 Å². The van der Waals surface area contributed by atoms with Crippen molar-refractivity contribution in [1.82, 2.24) is 0 Å². The summed E-state index contributed by atoms with van der Waals surface area (Å²) in [6, 6.07) is 31.0. The topological polar surface area (TPSA) is 0 Å². The Hall–Kier alpha value is -1.83. The molecule has 0 amide bonds. The normalized spacial score (nSPS) is 14.1. The van der Waals surface area contributed by atoms with Gasteiger partial charge in [-0.15, -0.1) is 33.4 Å². The van der Waals surface area contributed by atoms with Crippen LogP contribution in [0.2, 0.25) is 13.1 Å². The maximum atomic E-state index is 3.81. The van der Waals surface area contributed by atoms with Gasteiger partial charge in [0.25, 0.3) is 0 Å². The van der Waals surface area contributed by atoms with Gasteiger partial charge in [-0.25, -0.2) is 0 Å². The average molecular weight is 588 g/mol. The van der Waals surface area contributed by atoms with Crippen LogP contribution in [0.3, 0.4) is 0 Å². The Bertz CT molecular complexity index is 1650. The van der Waals surface area contributed by atoms with Gasteiger partial charge in [-0.3, -0.25) is 0 Å². The number of fused-ring (bicyclic) bond motifs is 3. The summed E-state index contributed by atoms with van der Waals surface area (Å²) in [5.74, 6) is 0.292. The molecule has 0 bridgehead atoms. The van der Waals surface area contributed by atoms with Crippen LogP contribution in [0.5, 0.6) is 0 Å². The number of benzene rings is 4. The molecule has 1 radical (unpaired) electrons. The van der Waals surface area contributed by atoms with Crippen molar-refractivity contribution in [3.63, 3.8) is 0 Å². The maximum Gasteiger partial charge on any atom is 3.00 e. The fourth-order valence-electron chi connectivity index (χ4n) is 5.48. The molecule has 2 aliphatic rings. The molecule has 4 heteroatoms. The summed E-state index contributed by atoms with van der Waals surface area (Å²) in [5, 5.41) is 3.87. The van der Waals surface area contributed by atoms with Crippen molar-refractivity contribution in [3.8, 4) is 11.1 Å². The number of hydrogen-bond donors (Lipinski definition) is 0. The zero-order chi connectivity index (χ0) is 21.8. The summed E-state index contributed by atoms with van der Waals surface area (Å²) >= 11 is 0. The van der Waals surface area contributed by atoms with Crippen molar-refractivity contribution in [2.45, 2.75) is 25.9 Å². The van der Waals surface area contributed by atoms with Gasteiger partial charge < -0.3 is 24.8 Å². The van der Waals surface area contributed by atoms with Gasteiger partial charge in [0.05, 0.1) is 0 Å². The first-order valence-corrected chi connectivity index (χ1v) is 13.8. The van der Waals surface area contributed by atoms with Gasteiger partial charge in [0.15, 0.2) is 0 Å². The van der Waals surface area contributed by atoms with Gasteiger partial charge in [-0.1, -0.05) is 114 Å². The zero-order valence-corrected chi connectivity index (χ0v) is 25.0. The molecule has 35 heavy (non-hydrogen) atoms. The van der Waals surface area contributed by atoms with E-state index in [9.17, 15) is 0 Å². The predicted octanol–water partition coefficient (Wildman–Crippen LogP) is 0.801. The number of allylic oxidation sites excluding steroid dienone is 1. The largest absolute Gasteiger partial charge is 3.00 e. The van der Waals surface area contributed by atoms with Crippen molar-refractivity contribution < 1.29 is 51.0 Å². The monoisotopic (exact) mass is 585 g/mol. The van der Waals surface area contributed by atoms with Gasteiger partial charge in [0.2, 0.25) is 0 Å². The van der Waals surface area contributed by atoms with Crippen LogP contribution in [0.25, 0.3) is 23.3 Å². The van der Waals surface area contributed by atoms with E-state index in [-0.39, 0.29) is 51.0 Å². The summed E-state index contributed by atoms with van der Waals surface area (Å²) in [5.41, 5.74) is 9.64. The molecule has 0 heterocycles. The Labute approximate surface area is 240 Å². The third-order valence-corrected chi connectivity index (χ3v) is 8.43. The first-order chi connectivity index (χ1) is 15.6. The van der Waals surface area contributed by atoms with E-state index in [0.29, 0.717) is 5.92 Å². The second-order valence-corrected chi connectivity index (χ2v) is 11.7. The molecule has 4 aromatic carbocycles. The van der Waals surface area contributed by atoms with Gasteiger partial charge in [-0.05, 0) is 29.2 Å². The third kappa shape index (κ3) is 4.56. The smallest absolute Gasteiger partial charge is 1.00 e. The molecule has 2 aliphatic carbocycles. The van der Waals surface area contributed by atoms with E-state index in [1.54, 1.807) is 0 Å². The van der Waals surface area contributed by atoms with Crippen LogP contribution in [0, 0.1) is 15.3 Å². The summed E-state index contributed by atoms with van der Waals surface area (Å²) < 4.78 is 0. The minimum absolute atomic E-state index is 0. The molecule has 1 unspecified atom stereocenters. The Morgan fingerprint density at radius 2 is 1.46 bits per heavy atom. The number of rotatable bonds is 2. The molecule has 0 fully saturated rings. The number of halogens is 2. The van der Waals surface area contributed by atoms with E-state index in [0.717, 1.165) is 0 Å². The molecule has 0 aliphatic heterocycles. The van der Waals surface area contributed by atoms with Crippen molar-refractivity contribution >= 4 is 20.6 Å². The summed E-state index contributed by atoms with van der Waals surface area (Å²) in [6.45, 7) is 7.13. The summed E-state index contributed by atoms with van der Waals surface area (Å²) in [6.07, 6.45) is 6.23. The van der Waals surface area contributed by atoms with Gasteiger partial charge in [0, 0.05) is 14.3 Å². The first kappa shape index (κ1) is 27.8. The Morgan fingerprint density at radius 1 is 0.743 bits per heavy atom. The standard InChI is InChI=1S/C31H25Si.2ClH.Zr/c1-20-18-27-23(21-10-5-4-6-11-21)14-9-15-26(27)30(20)31-28-19-22-12-7-8-13-24(22)25(28)16-17-29(31)32(2)3;;;/h4-18,30H,1-3H3;2*1H;/q-1;;;+3/p-2. The van der Waals surface area contributed by atoms with Gasteiger partial charge in [0.1, 0.15) is 0 Å². The molecular formula is C31H25Cl2SiZr. The third-order valence-electron chi connectivity index (χ3n) is 6.91. The van der Waals surface area contributed by atoms with E-state index in [1.165, 1.54) is 59.4 Å². The van der Waals surface area contributed by atoms with Crippen LogP contribution in [-0.4, -0.2) is 8.41 Å². The molecule has 0 nitrogen and oxygen atoms in total. The van der Waals surface area contributed by atoms with Crippen molar-refractivity contribution in [3.05, 3.63) is 133 Å². The molecule has 0 saturated carbocycles. The van der Waals surface area contributed by atoms with E-state index >= 15 is 0 Å². The summed E-state index contributed by atoms with van der Waals surface area (Å²) in [7, 11) is -0.640. The second-order valence-electron chi connectivity index (χ2n) is 9.12. The molecule has 4 aromatic rings. The molecule has 0 saturated heterocycles. The van der Waals surface area contributed by atoms with E-state index in [1.807, 2.05) is 0 Å². The van der Waals surface area contributed by atoms with Crippen molar-refractivity contribution in [2.75, 3.05) is 0 Å². The van der Waals surface area contributed by atoms with Crippen LogP contribution in [0.4, 0.5) is 0 Å². The Balaban J connectivity index is 0.00000114. The van der Waals surface area contributed by atoms with Gasteiger partial charge >= 0.3 is 26.2 Å². The fraction of sp³-hybridized carbons (Fsp3) is 0.129. The van der Waals surface area contributed by atoms with Crippen LogP contribution in [-0.2, 0) is 26.2 Å². The molecule has 171 valence electrons. The van der Waals surface area contributed by atoms with Crippen molar-refractivity contribution in [2.24, 2.45) is 0 Å². The fourth-order valence-corrected chi connectivity index (χ4v) is 6.71. The molecule has 0 N–H and O–H groups in total. The first-order valence-electron chi connectivity index (χ1n) is 11.3. The minimum Gasteiger partial charge on any atom is -1.00 e. The molecule has 0 aromatic heterocycles. The summed E-state index contributed by atoms with van der Waals surface area (Å²) in [4.78, 5) is 1.53. The number of hydrogen-bond acceptors (Lipinski definition) is 0. The second kappa shape index (κ2) is 11.1. The quantitative estimate of drug-likeness (QED) is 0.212. The Morgan fingerprint density at radius 3 is 2.20 bits per heavy atom. The predicted molar refractivity (Wildman–Crippen MR) is 136 cm³/mol. The minimum atomic E-state index is -0.640. The van der Waals surface area contributed by atoms with Gasteiger partial charge in [-0.2, -0.15) is 0 Å². The van der Waals surface area contributed by atoms with E-state index < -0.39 is 8.41 Å². The molecule has 1 atom stereocenters. The van der Waals surface area contributed by atoms with Crippen LogP contribution in [0.1, 0.15) is 35.1 Å². The van der Waals surface area contributed by atoms with Crippen LogP contribution >= 0.6 is 0 Å². The van der Waals surface area contributed by atoms with Crippen molar-refractivity contribution in [1.29, 1.82) is 0 Å².